The van der Waals surface area contributed by atoms with Crippen LogP contribution in [0.15, 0.2) is 23.4 Å². The zero-order valence-electron chi connectivity index (χ0n) is 12.9. The molecule has 2 heterocycles. The van der Waals surface area contributed by atoms with Crippen LogP contribution in [0.1, 0.15) is 39.6 Å². The Kier molecular flexibility index (Phi) is 4.72. The fraction of sp³-hybridized carbons (Fsp3) is 0.571. The Labute approximate surface area is 124 Å². The first-order valence-electron chi connectivity index (χ1n) is 7.16. The SMILES string of the molecule is CC(C)CNc1cnn(Cc2ncnn2C(C)C)c(=O)c1. The lowest BCUT2D eigenvalue weighted by molar-refractivity contribution is 0.482. The summed E-state index contributed by atoms with van der Waals surface area (Å²) in [4.78, 5) is 16.3. The number of hydrogen-bond donors (Lipinski definition) is 1. The summed E-state index contributed by atoms with van der Waals surface area (Å²) >= 11 is 0. The number of hydrogen-bond acceptors (Lipinski definition) is 5. The third-order valence-electron chi connectivity index (χ3n) is 3.01. The van der Waals surface area contributed by atoms with Crippen LogP contribution in [0.4, 0.5) is 5.69 Å². The summed E-state index contributed by atoms with van der Waals surface area (Å²) < 4.78 is 3.18. The summed E-state index contributed by atoms with van der Waals surface area (Å²) in [6.45, 7) is 9.40. The van der Waals surface area contributed by atoms with Crippen molar-refractivity contribution in [1.29, 1.82) is 0 Å². The number of anilines is 1. The molecule has 0 aromatic carbocycles. The minimum Gasteiger partial charge on any atom is -0.383 e. The summed E-state index contributed by atoms with van der Waals surface area (Å²) in [5.41, 5.74) is 0.595. The maximum Gasteiger partial charge on any atom is 0.269 e. The normalized spacial score (nSPS) is 11.3. The van der Waals surface area contributed by atoms with Crippen LogP contribution in [-0.2, 0) is 6.54 Å². The van der Waals surface area contributed by atoms with E-state index in [2.05, 4.69) is 34.3 Å². The van der Waals surface area contributed by atoms with Gasteiger partial charge in [-0.05, 0) is 19.8 Å². The summed E-state index contributed by atoms with van der Waals surface area (Å²) in [6.07, 6.45) is 3.17. The van der Waals surface area contributed by atoms with Crippen LogP contribution in [-0.4, -0.2) is 31.1 Å². The van der Waals surface area contributed by atoms with Gasteiger partial charge in [0.1, 0.15) is 18.7 Å². The van der Waals surface area contributed by atoms with E-state index in [4.69, 9.17) is 0 Å². The van der Waals surface area contributed by atoms with Gasteiger partial charge >= 0.3 is 0 Å². The molecule has 7 nitrogen and oxygen atoms in total. The second kappa shape index (κ2) is 6.51. The Balaban J connectivity index is 2.14. The van der Waals surface area contributed by atoms with Crippen LogP contribution >= 0.6 is 0 Å². The van der Waals surface area contributed by atoms with Gasteiger partial charge in [0, 0.05) is 18.7 Å². The summed E-state index contributed by atoms with van der Waals surface area (Å²) in [7, 11) is 0. The van der Waals surface area contributed by atoms with Crippen molar-refractivity contribution in [3.63, 3.8) is 0 Å². The summed E-state index contributed by atoms with van der Waals surface area (Å²) in [6, 6.07) is 1.76. The molecule has 0 unspecified atom stereocenters. The Morgan fingerprint density at radius 3 is 2.62 bits per heavy atom. The first-order valence-corrected chi connectivity index (χ1v) is 7.16. The van der Waals surface area contributed by atoms with Gasteiger partial charge in [-0.1, -0.05) is 13.8 Å². The lowest BCUT2D eigenvalue weighted by atomic mass is 10.2. The van der Waals surface area contributed by atoms with E-state index in [1.807, 2.05) is 13.8 Å². The molecule has 1 N–H and O–H groups in total. The van der Waals surface area contributed by atoms with Crippen LogP contribution in [0.25, 0.3) is 0 Å². The first-order chi connectivity index (χ1) is 9.97. The van der Waals surface area contributed by atoms with E-state index in [9.17, 15) is 4.79 Å². The van der Waals surface area contributed by atoms with E-state index in [1.54, 1.807) is 16.9 Å². The molecular weight excluding hydrogens is 268 g/mol. The van der Waals surface area contributed by atoms with Gasteiger partial charge in [0.15, 0.2) is 0 Å². The lowest BCUT2D eigenvalue weighted by Crippen LogP contribution is -2.25. The molecule has 0 saturated carbocycles. The molecule has 0 aliphatic heterocycles. The van der Waals surface area contributed by atoms with E-state index in [-0.39, 0.29) is 11.6 Å². The molecule has 2 aromatic rings. The molecule has 21 heavy (non-hydrogen) atoms. The van der Waals surface area contributed by atoms with Gasteiger partial charge < -0.3 is 5.32 Å². The standard InChI is InChI=1S/C14H22N6O/c1-10(2)6-15-12-5-14(21)19(17-7-12)8-13-16-9-18-20(13)11(3)4/h5,7,9-11,15H,6,8H2,1-4H3. The maximum atomic E-state index is 12.1. The molecule has 0 amide bonds. The van der Waals surface area contributed by atoms with Gasteiger partial charge in [0.25, 0.3) is 5.56 Å². The quantitative estimate of drug-likeness (QED) is 0.873. The third kappa shape index (κ3) is 3.90. The smallest absolute Gasteiger partial charge is 0.269 e. The fourth-order valence-electron chi connectivity index (χ4n) is 1.92. The fourth-order valence-corrected chi connectivity index (χ4v) is 1.92. The van der Waals surface area contributed by atoms with Crippen LogP contribution in [0, 0.1) is 5.92 Å². The Morgan fingerprint density at radius 1 is 1.24 bits per heavy atom. The van der Waals surface area contributed by atoms with Crippen molar-refractivity contribution in [3.8, 4) is 0 Å². The zero-order valence-corrected chi connectivity index (χ0v) is 12.9. The van der Waals surface area contributed by atoms with Crippen molar-refractivity contribution in [1.82, 2.24) is 24.5 Å². The van der Waals surface area contributed by atoms with Crippen molar-refractivity contribution in [3.05, 3.63) is 34.8 Å². The van der Waals surface area contributed by atoms with Gasteiger partial charge in [-0.3, -0.25) is 4.79 Å². The Hall–Kier alpha value is -2.18. The summed E-state index contributed by atoms with van der Waals surface area (Å²) in [5, 5.41) is 11.5. The van der Waals surface area contributed by atoms with Crippen molar-refractivity contribution in [2.75, 3.05) is 11.9 Å². The van der Waals surface area contributed by atoms with E-state index in [0.29, 0.717) is 12.5 Å². The highest BCUT2D eigenvalue weighted by Gasteiger charge is 2.10. The summed E-state index contributed by atoms with van der Waals surface area (Å²) in [5.74, 6) is 1.24. The minimum absolute atomic E-state index is 0.151. The average molecular weight is 290 g/mol. The molecule has 114 valence electrons. The molecule has 0 saturated heterocycles. The van der Waals surface area contributed by atoms with Gasteiger partial charge in [0.05, 0.1) is 11.9 Å². The van der Waals surface area contributed by atoms with Gasteiger partial charge in [-0.2, -0.15) is 10.2 Å². The Bertz CT molecular complexity index is 643. The van der Waals surface area contributed by atoms with Crippen LogP contribution < -0.4 is 10.9 Å². The van der Waals surface area contributed by atoms with Gasteiger partial charge in [-0.15, -0.1) is 0 Å². The largest absolute Gasteiger partial charge is 0.383 e. The van der Waals surface area contributed by atoms with Gasteiger partial charge in [0.2, 0.25) is 0 Å². The zero-order chi connectivity index (χ0) is 15.4. The molecule has 2 aromatic heterocycles. The molecule has 2 rings (SSSR count). The van der Waals surface area contributed by atoms with Crippen LogP contribution in [0.5, 0.6) is 0 Å². The molecule has 0 atom stereocenters. The molecule has 0 bridgehead atoms. The number of rotatable bonds is 6. The second-order valence-corrected chi connectivity index (χ2v) is 5.73. The average Bonchev–Trinajstić information content (AvgIpc) is 2.87. The van der Waals surface area contributed by atoms with Crippen molar-refractivity contribution < 1.29 is 0 Å². The maximum absolute atomic E-state index is 12.1. The predicted molar refractivity (Wildman–Crippen MR) is 81.3 cm³/mol. The topological polar surface area (TPSA) is 77.6 Å². The number of nitrogens with one attached hydrogen (secondary N) is 1. The van der Waals surface area contributed by atoms with Crippen molar-refractivity contribution in [2.24, 2.45) is 5.92 Å². The number of aromatic nitrogens is 5. The third-order valence-corrected chi connectivity index (χ3v) is 3.01. The van der Waals surface area contributed by atoms with E-state index < -0.39 is 0 Å². The van der Waals surface area contributed by atoms with Crippen LogP contribution in [0.2, 0.25) is 0 Å². The monoisotopic (exact) mass is 290 g/mol. The first kappa shape index (κ1) is 15.2. The van der Waals surface area contributed by atoms with E-state index >= 15 is 0 Å². The van der Waals surface area contributed by atoms with E-state index in [1.165, 1.54) is 11.0 Å². The highest BCUT2D eigenvalue weighted by atomic mass is 16.1. The van der Waals surface area contributed by atoms with Crippen molar-refractivity contribution in [2.45, 2.75) is 40.3 Å². The molecular formula is C14H22N6O. The number of nitrogens with zero attached hydrogens (tertiary/aromatic N) is 5. The highest BCUT2D eigenvalue weighted by Crippen LogP contribution is 2.06. The van der Waals surface area contributed by atoms with E-state index in [0.717, 1.165) is 18.1 Å². The van der Waals surface area contributed by atoms with Crippen molar-refractivity contribution >= 4 is 5.69 Å². The minimum atomic E-state index is -0.151. The predicted octanol–water partition coefficient (Wildman–Crippen LogP) is 1.53. The molecule has 7 heteroatoms. The second-order valence-electron chi connectivity index (χ2n) is 5.73. The molecule has 0 fully saturated rings. The van der Waals surface area contributed by atoms with Crippen LogP contribution in [0.3, 0.4) is 0 Å². The Morgan fingerprint density at radius 2 is 2.00 bits per heavy atom. The molecule has 0 aliphatic rings. The molecule has 0 aliphatic carbocycles. The van der Waals surface area contributed by atoms with Gasteiger partial charge in [-0.25, -0.2) is 14.3 Å². The molecule has 0 radical (unpaired) electrons. The molecule has 0 spiro atoms. The lowest BCUT2D eigenvalue weighted by Gasteiger charge is -2.11. The highest BCUT2D eigenvalue weighted by molar-refractivity contribution is 5.38.